The highest BCUT2D eigenvalue weighted by atomic mass is 16.2. The first-order valence-electron chi connectivity index (χ1n) is 7.13. The molecule has 0 heterocycles. The normalized spacial score (nSPS) is 10.3. The number of anilines is 1. The van der Waals surface area contributed by atoms with Crippen molar-refractivity contribution in [2.45, 2.75) is 33.6 Å². The van der Waals surface area contributed by atoms with Crippen molar-refractivity contribution in [2.75, 3.05) is 18.0 Å². The standard InChI is InChI=1S/C17H24N2O2/c1-6-10-18-16(21)11-19(14(5)20)17-13(4)8-7-9-15(17)12(2)3/h6-9,12H,1,10-11H2,2-5H3,(H,18,21). The molecule has 0 fully saturated rings. The topological polar surface area (TPSA) is 49.4 Å². The highest BCUT2D eigenvalue weighted by molar-refractivity contribution is 5.98. The summed E-state index contributed by atoms with van der Waals surface area (Å²) in [4.78, 5) is 25.5. The number of amides is 2. The van der Waals surface area contributed by atoms with Gasteiger partial charge in [0.15, 0.2) is 0 Å². The van der Waals surface area contributed by atoms with E-state index in [9.17, 15) is 9.59 Å². The van der Waals surface area contributed by atoms with Crippen LogP contribution in [0.1, 0.15) is 37.8 Å². The Morgan fingerprint density at radius 3 is 2.57 bits per heavy atom. The lowest BCUT2D eigenvalue weighted by molar-refractivity contribution is -0.122. The minimum absolute atomic E-state index is 0.0216. The summed E-state index contributed by atoms with van der Waals surface area (Å²) in [5.74, 6) is -0.0546. The smallest absolute Gasteiger partial charge is 0.240 e. The third kappa shape index (κ3) is 4.45. The van der Waals surface area contributed by atoms with Crippen molar-refractivity contribution < 1.29 is 9.59 Å². The van der Waals surface area contributed by atoms with Gasteiger partial charge in [-0.1, -0.05) is 38.1 Å². The lowest BCUT2D eigenvalue weighted by atomic mass is 9.97. The lowest BCUT2D eigenvalue weighted by Gasteiger charge is -2.26. The zero-order valence-corrected chi connectivity index (χ0v) is 13.3. The number of para-hydroxylation sites is 1. The summed E-state index contributed by atoms with van der Waals surface area (Å²) in [7, 11) is 0. The van der Waals surface area contributed by atoms with E-state index in [1.54, 1.807) is 11.0 Å². The second kappa shape index (κ2) is 7.62. The van der Waals surface area contributed by atoms with Gasteiger partial charge in [-0.3, -0.25) is 9.59 Å². The van der Waals surface area contributed by atoms with Crippen LogP contribution in [-0.2, 0) is 9.59 Å². The van der Waals surface area contributed by atoms with Crippen molar-refractivity contribution in [3.05, 3.63) is 42.0 Å². The van der Waals surface area contributed by atoms with Gasteiger partial charge in [0.2, 0.25) is 11.8 Å². The Balaban J connectivity index is 3.14. The molecule has 0 atom stereocenters. The number of nitrogens with one attached hydrogen (secondary N) is 1. The summed E-state index contributed by atoms with van der Waals surface area (Å²) in [5.41, 5.74) is 2.91. The molecule has 1 N–H and O–H groups in total. The molecule has 2 amide bonds. The van der Waals surface area contributed by atoms with Crippen molar-refractivity contribution in [2.24, 2.45) is 0 Å². The number of aryl methyl sites for hydroxylation is 1. The number of rotatable bonds is 6. The van der Waals surface area contributed by atoms with Gasteiger partial charge in [0.1, 0.15) is 6.54 Å². The van der Waals surface area contributed by atoms with Crippen molar-refractivity contribution in [1.82, 2.24) is 5.32 Å². The van der Waals surface area contributed by atoms with Crippen LogP contribution < -0.4 is 10.2 Å². The predicted molar refractivity (Wildman–Crippen MR) is 86.5 cm³/mol. The quantitative estimate of drug-likeness (QED) is 0.818. The number of benzene rings is 1. The van der Waals surface area contributed by atoms with E-state index in [0.29, 0.717) is 6.54 Å². The predicted octanol–water partition coefficient (Wildman–Crippen LogP) is 2.77. The number of carbonyl (C=O) groups excluding carboxylic acids is 2. The zero-order chi connectivity index (χ0) is 16.0. The average Bonchev–Trinajstić information content (AvgIpc) is 2.42. The Hall–Kier alpha value is -2.10. The van der Waals surface area contributed by atoms with Crippen LogP contribution in [0.4, 0.5) is 5.69 Å². The monoisotopic (exact) mass is 288 g/mol. The second-order valence-electron chi connectivity index (χ2n) is 5.37. The molecule has 0 spiro atoms. The maximum Gasteiger partial charge on any atom is 0.240 e. The van der Waals surface area contributed by atoms with Crippen LogP contribution in [-0.4, -0.2) is 24.9 Å². The number of nitrogens with zero attached hydrogens (tertiary/aromatic N) is 1. The summed E-state index contributed by atoms with van der Waals surface area (Å²) >= 11 is 0. The van der Waals surface area contributed by atoms with Crippen molar-refractivity contribution in [3.8, 4) is 0 Å². The largest absolute Gasteiger partial charge is 0.351 e. The van der Waals surface area contributed by atoms with Crippen LogP contribution in [0, 0.1) is 6.92 Å². The molecule has 1 aromatic rings. The van der Waals surface area contributed by atoms with Crippen molar-refractivity contribution in [1.29, 1.82) is 0 Å². The Kier molecular flexibility index (Phi) is 6.15. The Morgan fingerprint density at radius 2 is 2.05 bits per heavy atom. The van der Waals surface area contributed by atoms with Crippen LogP contribution in [0.2, 0.25) is 0 Å². The second-order valence-corrected chi connectivity index (χ2v) is 5.37. The first-order valence-corrected chi connectivity index (χ1v) is 7.13. The molecule has 4 nitrogen and oxygen atoms in total. The fourth-order valence-electron chi connectivity index (χ4n) is 2.25. The summed E-state index contributed by atoms with van der Waals surface area (Å²) in [5, 5.41) is 2.70. The third-order valence-electron chi connectivity index (χ3n) is 3.29. The van der Waals surface area contributed by atoms with Gasteiger partial charge in [0, 0.05) is 13.5 Å². The Bertz CT molecular complexity index is 536. The van der Waals surface area contributed by atoms with Gasteiger partial charge < -0.3 is 10.2 Å². The molecule has 0 bridgehead atoms. The molecule has 1 rings (SSSR count). The van der Waals surface area contributed by atoms with E-state index >= 15 is 0 Å². The molecule has 0 aliphatic rings. The molecular formula is C17H24N2O2. The van der Waals surface area contributed by atoms with E-state index in [1.165, 1.54) is 6.92 Å². The summed E-state index contributed by atoms with van der Waals surface area (Å²) in [6.07, 6.45) is 1.61. The molecule has 0 unspecified atom stereocenters. The molecule has 0 saturated carbocycles. The average molecular weight is 288 g/mol. The highest BCUT2D eigenvalue weighted by Crippen LogP contribution is 2.30. The lowest BCUT2D eigenvalue weighted by Crippen LogP contribution is -2.40. The number of carbonyl (C=O) groups is 2. The molecule has 114 valence electrons. The van der Waals surface area contributed by atoms with E-state index in [0.717, 1.165) is 16.8 Å². The molecule has 21 heavy (non-hydrogen) atoms. The van der Waals surface area contributed by atoms with E-state index in [-0.39, 0.29) is 24.3 Å². The Labute approximate surface area is 126 Å². The van der Waals surface area contributed by atoms with Gasteiger partial charge in [-0.05, 0) is 24.0 Å². The maximum absolute atomic E-state index is 12.0. The summed E-state index contributed by atoms with van der Waals surface area (Å²) in [6.45, 7) is 11.6. The zero-order valence-electron chi connectivity index (χ0n) is 13.3. The van der Waals surface area contributed by atoms with Crippen LogP contribution in [0.15, 0.2) is 30.9 Å². The van der Waals surface area contributed by atoms with E-state index in [2.05, 4.69) is 25.7 Å². The highest BCUT2D eigenvalue weighted by Gasteiger charge is 2.21. The first-order chi connectivity index (χ1) is 9.88. The molecule has 1 aromatic carbocycles. The van der Waals surface area contributed by atoms with E-state index < -0.39 is 0 Å². The van der Waals surface area contributed by atoms with Crippen LogP contribution in [0.25, 0.3) is 0 Å². The third-order valence-corrected chi connectivity index (χ3v) is 3.29. The van der Waals surface area contributed by atoms with Gasteiger partial charge in [-0.15, -0.1) is 6.58 Å². The SMILES string of the molecule is C=CCNC(=O)CN(C(C)=O)c1c(C)cccc1C(C)C. The van der Waals surface area contributed by atoms with Gasteiger partial charge in [-0.2, -0.15) is 0 Å². The molecular weight excluding hydrogens is 264 g/mol. The molecule has 0 aromatic heterocycles. The van der Waals surface area contributed by atoms with E-state index in [1.807, 2.05) is 25.1 Å². The van der Waals surface area contributed by atoms with Crippen LogP contribution in [0.5, 0.6) is 0 Å². The molecule has 4 heteroatoms. The fraction of sp³-hybridized carbons (Fsp3) is 0.412. The summed E-state index contributed by atoms with van der Waals surface area (Å²) < 4.78 is 0. The first kappa shape index (κ1) is 17.0. The molecule has 0 radical (unpaired) electrons. The van der Waals surface area contributed by atoms with Crippen molar-refractivity contribution >= 4 is 17.5 Å². The minimum Gasteiger partial charge on any atom is -0.351 e. The fourth-order valence-corrected chi connectivity index (χ4v) is 2.25. The maximum atomic E-state index is 12.0. The van der Waals surface area contributed by atoms with Gasteiger partial charge >= 0.3 is 0 Å². The van der Waals surface area contributed by atoms with E-state index in [4.69, 9.17) is 0 Å². The van der Waals surface area contributed by atoms with Crippen LogP contribution >= 0.6 is 0 Å². The van der Waals surface area contributed by atoms with Crippen LogP contribution in [0.3, 0.4) is 0 Å². The number of hydrogen-bond acceptors (Lipinski definition) is 2. The molecule has 0 aliphatic carbocycles. The Morgan fingerprint density at radius 1 is 1.38 bits per heavy atom. The van der Waals surface area contributed by atoms with Gasteiger partial charge in [-0.25, -0.2) is 0 Å². The molecule has 0 aliphatic heterocycles. The molecule has 0 saturated heterocycles. The summed E-state index contributed by atoms with van der Waals surface area (Å²) in [6, 6.07) is 5.94. The van der Waals surface area contributed by atoms with Crippen molar-refractivity contribution in [3.63, 3.8) is 0 Å². The van der Waals surface area contributed by atoms with Gasteiger partial charge in [0.25, 0.3) is 0 Å². The van der Waals surface area contributed by atoms with Gasteiger partial charge in [0.05, 0.1) is 5.69 Å². The minimum atomic E-state index is -0.192. The number of hydrogen-bond donors (Lipinski definition) is 1.